The highest BCUT2D eigenvalue weighted by Gasteiger charge is 2.02. The number of benzene rings is 2. The number of hydrogen-bond acceptors (Lipinski definition) is 4. The summed E-state index contributed by atoms with van der Waals surface area (Å²) < 4.78 is 11.0. The molecule has 0 spiro atoms. The third kappa shape index (κ3) is 5.65. The number of nitrogens with one attached hydrogen (secondary N) is 1. The number of para-hydroxylation sites is 1. The van der Waals surface area contributed by atoms with Crippen LogP contribution in [0.2, 0.25) is 0 Å². The van der Waals surface area contributed by atoms with E-state index in [9.17, 15) is 0 Å². The van der Waals surface area contributed by atoms with E-state index in [4.69, 9.17) is 14.7 Å². The van der Waals surface area contributed by atoms with E-state index in [1.54, 1.807) is 7.11 Å². The molecule has 120 valence electrons. The summed E-state index contributed by atoms with van der Waals surface area (Å²) in [5, 5.41) is 11.9. The summed E-state index contributed by atoms with van der Waals surface area (Å²) in [6, 6.07) is 18.1. The number of unbranched alkanes of at least 4 members (excludes halogenated alkanes) is 1. The molecule has 0 aliphatic heterocycles. The maximum absolute atomic E-state index is 8.51. The molecule has 0 aliphatic rings. The van der Waals surface area contributed by atoms with Gasteiger partial charge < -0.3 is 14.8 Å². The molecule has 0 atom stereocenters. The Bertz CT molecular complexity index is 650. The minimum atomic E-state index is 0.528. The van der Waals surface area contributed by atoms with Gasteiger partial charge in [-0.3, -0.25) is 0 Å². The lowest BCUT2D eigenvalue weighted by Crippen LogP contribution is -2.13. The molecule has 0 bridgehead atoms. The number of methoxy groups -OCH3 is 1. The largest absolute Gasteiger partial charge is 0.496 e. The lowest BCUT2D eigenvalue weighted by Gasteiger charge is -2.10. The van der Waals surface area contributed by atoms with Crippen LogP contribution in [0.25, 0.3) is 0 Å². The Labute approximate surface area is 137 Å². The molecule has 0 fully saturated rings. The smallest absolute Gasteiger partial charge is 0.123 e. The zero-order valence-electron chi connectivity index (χ0n) is 13.4. The lowest BCUT2D eigenvalue weighted by atomic mass is 10.2. The van der Waals surface area contributed by atoms with E-state index < -0.39 is 0 Å². The van der Waals surface area contributed by atoms with Crippen LogP contribution in [-0.2, 0) is 13.1 Å². The van der Waals surface area contributed by atoms with Gasteiger partial charge in [0.2, 0.25) is 0 Å². The van der Waals surface area contributed by atoms with Crippen molar-refractivity contribution < 1.29 is 9.47 Å². The van der Waals surface area contributed by atoms with E-state index in [1.807, 2.05) is 36.4 Å². The maximum Gasteiger partial charge on any atom is 0.123 e. The van der Waals surface area contributed by atoms with Crippen molar-refractivity contribution in [1.29, 1.82) is 5.26 Å². The van der Waals surface area contributed by atoms with Crippen LogP contribution in [0, 0.1) is 11.3 Å². The first-order chi connectivity index (χ1) is 11.3. The average molecular weight is 310 g/mol. The topological polar surface area (TPSA) is 54.3 Å². The van der Waals surface area contributed by atoms with Crippen molar-refractivity contribution in [2.75, 3.05) is 13.7 Å². The van der Waals surface area contributed by atoms with Crippen molar-refractivity contribution in [1.82, 2.24) is 5.32 Å². The van der Waals surface area contributed by atoms with Gasteiger partial charge in [-0.2, -0.15) is 5.26 Å². The van der Waals surface area contributed by atoms with Crippen LogP contribution >= 0.6 is 0 Å². The van der Waals surface area contributed by atoms with Crippen molar-refractivity contribution in [2.24, 2.45) is 0 Å². The number of hydrogen-bond donors (Lipinski definition) is 1. The molecule has 1 N–H and O–H groups in total. The molecule has 2 aromatic rings. The Kier molecular flexibility index (Phi) is 6.96. The molecule has 0 aliphatic carbocycles. The number of rotatable bonds is 9. The van der Waals surface area contributed by atoms with Crippen molar-refractivity contribution in [3.63, 3.8) is 0 Å². The highest BCUT2D eigenvalue weighted by molar-refractivity contribution is 5.33. The highest BCUT2D eigenvalue weighted by atomic mass is 16.5. The first kappa shape index (κ1) is 16.9. The van der Waals surface area contributed by atoms with E-state index in [0.717, 1.165) is 42.1 Å². The Morgan fingerprint density at radius 3 is 2.78 bits per heavy atom. The molecule has 0 saturated heterocycles. The van der Waals surface area contributed by atoms with Gasteiger partial charge in [-0.15, -0.1) is 0 Å². The fourth-order valence-corrected chi connectivity index (χ4v) is 2.28. The van der Waals surface area contributed by atoms with Gasteiger partial charge in [0.1, 0.15) is 11.5 Å². The van der Waals surface area contributed by atoms with Crippen molar-refractivity contribution >= 4 is 0 Å². The van der Waals surface area contributed by atoms with Gasteiger partial charge in [-0.25, -0.2) is 0 Å². The van der Waals surface area contributed by atoms with Crippen LogP contribution < -0.4 is 14.8 Å². The van der Waals surface area contributed by atoms with Crippen molar-refractivity contribution in [2.45, 2.75) is 25.9 Å². The zero-order chi connectivity index (χ0) is 16.3. The first-order valence-electron chi connectivity index (χ1n) is 7.75. The normalized spacial score (nSPS) is 10.1. The van der Waals surface area contributed by atoms with E-state index >= 15 is 0 Å². The second-order valence-corrected chi connectivity index (χ2v) is 5.17. The van der Waals surface area contributed by atoms with E-state index in [2.05, 4.69) is 23.5 Å². The third-order valence-corrected chi connectivity index (χ3v) is 3.44. The van der Waals surface area contributed by atoms with E-state index in [1.165, 1.54) is 0 Å². The van der Waals surface area contributed by atoms with Crippen LogP contribution in [0.1, 0.15) is 24.0 Å². The van der Waals surface area contributed by atoms with Gasteiger partial charge in [-0.1, -0.05) is 30.3 Å². The molecule has 0 saturated carbocycles. The molecule has 0 unspecified atom stereocenters. The number of nitriles is 1. The van der Waals surface area contributed by atoms with Crippen LogP contribution in [0.4, 0.5) is 0 Å². The lowest BCUT2D eigenvalue weighted by molar-refractivity contribution is 0.312. The van der Waals surface area contributed by atoms with E-state index in [-0.39, 0.29) is 0 Å². The molecule has 23 heavy (non-hydrogen) atoms. The Balaban J connectivity index is 1.82. The zero-order valence-corrected chi connectivity index (χ0v) is 13.4. The van der Waals surface area contributed by atoms with E-state index in [0.29, 0.717) is 13.0 Å². The average Bonchev–Trinajstić information content (AvgIpc) is 2.60. The SMILES string of the molecule is COc1ccccc1CNCc1cccc(OCCCC#N)c1. The van der Waals surface area contributed by atoms with Gasteiger partial charge in [-0.05, 0) is 30.2 Å². The predicted octanol–water partition coefficient (Wildman–Crippen LogP) is 3.67. The summed E-state index contributed by atoms with van der Waals surface area (Å²) in [6.45, 7) is 2.08. The van der Waals surface area contributed by atoms with Crippen molar-refractivity contribution in [3.05, 3.63) is 59.7 Å². The third-order valence-electron chi connectivity index (χ3n) is 3.44. The van der Waals surface area contributed by atoms with Gasteiger partial charge in [0.25, 0.3) is 0 Å². The monoisotopic (exact) mass is 310 g/mol. The molecule has 0 amide bonds. The number of ether oxygens (including phenoxy) is 2. The second-order valence-electron chi connectivity index (χ2n) is 5.17. The summed E-state index contributed by atoms with van der Waals surface area (Å²) in [4.78, 5) is 0. The minimum absolute atomic E-state index is 0.528. The number of nitrogens with zero attached hydrogens (tertiary/aromatic N) is 1. The highest BCUT2D eigenvalue weighted by Crippen LogP contribution is 2.17. The van der Waals surface area contributed by atoms with Gasteiger partial charge in [0.05, 0.1) is 19.8 Å². The predicted molar refractivity (Wildman–Crippen MR) is 90.3 cm³/mol. The van der Waals surface area contributed by atoms with Gasteiger partial charge in [0.15, 0.2) is 0 Å². The van der Waals surface area contributed by atoms with Crippen LogP contribution in [0.3, 0.4) is 0 Å². The molecule has 0 heterocycles. The fraction of sp³-hybridized carbons (Fsp3) is 0.316. The minimum Gasteiger partial charge on any atom is -0.496 e. The summed E-state index contributed by atoms with van der Waals surface area (Å²) in [5.74, 6) is 1.74. The fourth-order valence-electron chi connectivity index (χ4n) is 2.28. The molecular formula is C19H22N2O2. The van der Waals surface area contributed by atoms with Crippen LogP contribution in [0.5, 0.6) is 11.5 Å². The molecule has 4 nitrogen and oxygen atoms in total. The van der Waals surface area contributed by atoms with Gasteiger partial charge in [0, 0.05) is 25.1 Å². The summed E-state index contributed by atoms with van der Waals surface area (Å²) >= 11 is 0. The molecule has 0 radical (unpaired) electrons. The summed E-state index contributed by atoms with van der Waals surface area (Å²) in [6.07, 6.45) is 1.28. The Morgan fingerprint density at radius 1 is 1.09 bits per heavy atom. The second kappa shape index (κ2) is 9.50. The molecule has 0 aromatic heterocycles. The summed E-state index contributed by atoms with van der Waals surface area (Å²) in [5.41, 5.74) is 2.30. The van der Waals surface area contributed by atoms with Gasteiger partial charge >= 0.3 is 0 Å². The maximum atomic E-state index is 8.51. The Morgan fingerprint density at radius 2 is 1.96 bits per heavy atom. The Hall–Kier alpha value is -2.51. The first-order valence-corrected chi connectivity index (χ1v) is 7.75. The van der Waals surface area contributed by atoms with Crippen LogP contribution in [0.15, 0.2) is 48.5 Å². The van der Waals surface area contributed by atoms with Crippen LogP contribution in [-0.4, -0.2) is 13.7 Å². The molecule has 4 heteroatoms. The van der Waals surface area contributed by atoms with Crippen molar-refractivity contribution in [3.8, 4) is 17.6 Å². The molecular weight excluding hydrogens is 288 g/mol. The quantitative estimate of drug-likeness (QED) is 0.718. The summed E-state index contributed by atoms with van der Waals surface area (Å²) in [7, 11) is 1.69. The molecule has 2 rings (SSSR count). The standard InChI is InChI=1S/C19H22N2O2/c1-22-19-10-3-2-8-17(19)15-21-14-16-7-6-9-18(13-16)23-12-5-4-11-20/h2-3,6-10,13,21H,4-5,12,14-15H2,1H3. The molecule has 2 aromatic carbocycles.